The number of carbonyl (C=O) groups is 1. The number of imidazole rings is 1. The summed E-state index contributed by atoms with van der Waals surface area (Å²) in [7, 11) is 0. The lowest BCUT2D eigenvalue weighted by molar-refractivity contribution is 0.0697. The van der Waals surface area contributed by atoms with E-state index < -0.39 is 5.97 Å². The monoisotopic (exact) mass is 326 g/mol. The highest BCUT2D eigenvalue weighted by molar-refractivity contribution is 6.31. The van der Waals surface area contributed by atoms with Crippen molar-refractivity contribution in [2.75, 3.05) is 0 Å². The lowest BCUT2D eigenvalue weighted by atomic mass is 10.1. The van der Waals surface area contributed by atoms with Gasteiger partial charge in [0, 0.05) is 30.4 Å². The molecular weight excluding hydrogens is 312 g/mol. The third-order valence-corrected chi connectivity index (χ3v) is 4.03. The standard InChI is InChI=1S/C18H15ClN2O2/c19-16-4-2-1-3-15(16)11-17-20-9-10-21(17)12-13-5-7-14(8-6-13)18(22)23/h1-10H,11-12H2,(H,22,23). The van der Waals surface area contributed by atoms with Crippen molar-refractivity contribution in [3.63, 3.8) is 0 Å². The Balaban J connectivity index is 1.78. The van der Waals surface area contributed by atoms with E-state index in [2.05, 4.69) is 4.98 Å². The Labute approximate surface area is 139 Å². The summed E-state index contributed by atoms with van der Waals surface area (Å²) in [6.07, 6.45) is 4.33. The lowest BCUT2D eigenvalue weighted by Crippen LogP contribution is -2.06. The predicted molar refractivity (Wildman–Crippen MR) is 89.0 cm³/mol. The van der Waals surface area contributed by atoms with E-state index >= 15 is 0 Å². The molecule has 0 saturated heterocycles. The van der Waals surface area contributed by atoms with E-state index in [9.17, 15) is 4.79 Å². The van der Waals surface area contributed by atoms with Gasteiger partial charge in [-0.3, -0.25) is 0 Å². The van der Waals surface area contributed by atoms with Crippen LogP contribution < -0.4 is 0 Å². The zero-order valence-corrected chi connectivity index (χ0v) is 13.1. The first-order valence-corrected chi connectivity index (χ1v) is 7.57. The molecule has 0 saturated carbocycles. The third kappa shape index (κ3) is 3.60. The maximum absolute atomic E-state index is 10.9. The van der Waals surface area contributed by atoms with Crippen LogP contribution in [0.3, 0.4) is 0 Å². The largest absolute Gasteiger partial charge is 0.478 e. The molecule has 0 aliphatic rings. The first-order chi connectivity index (χ1) is 11.1. The van der Waals surface area contributed by atoms with Crippen molar-refractivity contribution in [2.24, 2.45) is 0 Å². The minimum absolute atomic E-state index is 0.288. The molecule has 0 unspecified atom stereocenters. The highest BCUT2D eigenvalue weighted by Crippen LogP contribution is 2.19. The molecule has 3 aromatic rings. The summed E-state index contributed by atoms with van der Waals surface area (Å²) < 4.78 is 2.04. The SMILES string of the molecule is O=C(O)c1ccc(Cn2ccnc2Cc2ccccc2Cl)cc1. The molecule has 0 aliphatic heterocycles. The number of hydrogen-bond donors (Lipinski definition) is 1. The number of rotatable bonds is 5. The molecule has 0 amide bonds. The molecular formula is C18H15ClN2O2. The van der Waals surface area contributed by atoms with Gasteiger partial charge < -0.3 is 9.67 Å². The topological polar surface area (TPSA) is 55.1 Å². The number of benzene rings is 2. The maximum Gasteiger partial charge on any atom is 0.335 e. The number of halogens is 1. The Morgan fingerprint density at radius 2 is 1.87 bits per heavy atom. The smallest absolute Gasteiger partial charge is 0.335 e. The van der Waals surface area contributed by atoms with Gasteiger partial charge in [0.05, 0.1) is 5.56 Å². The number of hydrogen-bond acceptors (Lipinski definition) is 2. The Bertz CT molecular complexity index is 825. The lowest BCUT2D eigenvalue weighted by Gasteiger charge is -2.09. The van der Waals surface area contributed by atoms with E-state index in [1.165, 1.54) is 0 Å². The van der Waals surface area contributed by atoms with E-state index in [-0.39, 0.29) is 5.56 Å². The van der Waals surface area contributed by atoms with Crippen molar-refractivity contribution in [3.05, 3.63) is 88.5 Å². The van der Waals surface area contributed by atoms with E-state index in [1.807, 2.05) is 47.2 Å². The van der Waals surface area contributed by atoms with Crippen LogP contribution in [0.1, 0.15) is 27.3 Å². The molecule has 0 radical (unpaired) electrons. The van der Waals surface area contributed by atoms with Crippen molar-refractivity contribution in [1.29, 1.82) is 0 Å². The molecule has 4 nitrogen and oxygen atoms in total. The Morgan fingerprint density at radius 3 is 2.57 bits per heavy atom. The van der Waals surface area contributed by atoms with E-state index in [0.29, 0.717) is 13.0 Å². The molecule has 2 aromatic carbocycles. The minimum Gasteiger partial charge on any atom is -0.478 e. The highest BCUT2D eigenvalue weighted by Gasteiger charge is 2.08. The van der Waals surface area contributed by atoms with Crippen molar-refractivity contribution in [1.82, 2.24) is 9.55 Å². The predicted octanol–water partition coefficient (Wildman–Crippen LogP) is 3.87. The van der Waals surface area contributed by atoms with Gasteiger partial charge in [-0.2, -0.15) is 0 Å². The molecule has 0 bridgehead atoms. The van der Waals surface area contributed by atoms with Gasteiger partial charge in [0.2, 0.25) is 0 Å². The summed E-state index contributed by atoms with van der Waals surface area (Å²) in [6, 6.07) is 14.6. The number of carboxylic acid groups (broad SMARTS) is 1. The maximum atomic E-state index is 10.9. The zero-order valence-electron chi connectivity index (χ0n) is 12.3. The first kappa shape index (κ1) is 15.3. The van der Waals surface area contributed by atoms with Crippen LogP contribution in [-0.4, -0.2) is 20.6 Å². The second kappa shape index (κ2) is 6.67. The second-order valence-electron chi connectivity index (χ2n) is 5.24. The van der Waals surface area contributed by atoms with Crippen LogP contribution >= 0.6 is 11.6 Å². The van der Waals surface area contributed by atoms with E-state index in [0.717, 1.165) is 22.0 Å². The molecule has 23 heavy (non-hydrogen) atoms. The van der Waals surface area contributed by atoms with Gasteiger partial charge >= 0.3 is 5.97 Å². The number of aromatic nitrogens is 2. The third-order valence-electron chi connectivity index (χ3n) is 3.66. The number of aromatic carboxylic acids is 1. The molecule has 5 heteroatoms. The molecule has 1 heterocycles. The summed E-state index contributed by atoms with van der Waals surface area (Å²) in [4.78, 5) is 15.3. The molecule has 116 valence electrons. The van der Waals surface area contributed by atoms with Crippen molar-refractivity contribution in [3.8, 4) is 0 Å². The van der Waals surface area contributed by atoms with Crippen molar-refractivity contribution >= 4 is 17.6 Å². The molecule has 1 aromatic heterocycles. The summed E-state index contributed by atoms with van der Waals surface area (Å²) in [5, 5.41) is 9.67. The number of nitrogens with zero attached hydrogens (tertiary/aromatic N) is 2. The van der Waals surface area contributed by atoms with Gasteiger partial charge in [-0.05, 0) is 29.3 Å². The summed E-state index contributed by atoms with van der Waals surface area (Å²) in [5.41, 5.74) is 2.34. The normalized spacial score (nSPS) is 10.7. The fraction of sp³-hybridized carbons (Fsp3) is 0.111. The van der Waals surface area contributed by atoms with Gasteiger partial charge in [-0.15, -0.1) is 0 Å². The summed E-state index contributed by atoms with van der Waals surface area (Å²) in [5.74, 6) is -0.000926. The quantitative estimate of drug-likeness (QED) is 0.774. The Hall–Kier alpha value is -2.59. The average molecular weight is 327 g/mol. The zero-order chi connectivity index (χ0) is 16.2. The van der Waals surface area contributed by atoms with Crippen LogP contribution in [-0.2, 0) is 13.0 Å². The highest BCUT2D eigenvalue weighted by atomic mass is 35.5. The molecule has 1 N–H and O–H groups in total. The molecule has 0 fully saturated rings. The molecule has 0 aliphatic carbocycles. The average Bonchev–Trinajstić information content (AvgIpc) is 2.97. The molecule has 0 spiro atoms. The van der Waals surface area contributed by atoms with Gasteiger partial charge in [0.25, 0.3) is 0 Å². The molecule has 0 atom stereocenters. The fourth-order valence-electron chi connectivity index (χ4n) is 2.41. The minimum atomic E-state index is -0.918. The van der Waals surface area contributed by atoms with E-state index in [1.54, 1.807) is 18.3 Å². The van der Waals surface area contributed by atoms with Crippen molar-refractivity contribution in [2.45, 2.75) is 13.0 Å². The van der Waals surface area contributed by atoms with Crippen LogP contribution in [0.25, 0.3) is 0 Å². The van der Waals surface area contributed by atoms with Crippen LogP contribution in [0.5, 0.6) is 0 Å². The second-order valence-corrected chi connectivity index (χ2v) is 5.65. The summed E-state index contributed by atoms with van der Waals surface area (Å²) in [6.45, 7) is 0.639. The van der Waals surface area contributed by atoms with Crippen LogP contribution in [0, 0.1) is 0 Å². The van der Waals surface area contributed by atoms with Crippen LogP contribution in [0.4, 0.5) is 0 Å². The Morgan fingerprint density at radius 1 is 1.13 bits per heavy atom. The van der Waals surface area contributed by atoms with Gasteiger partial charge in [0.15, 0.2) is 0 Å². The number of carboxylic acids is 1. The van der Waals surface area contributed by atoms with Crippen molar-refractivity contribution < 1.29 is 9.90 Å². The first-order valence-electron chi connectivity index (χ1n) is 7.19. The van der Waals surface area contributed by atoms with Crippen LogP contribution in [0.15, 0.2) is 60.9 Å². The van der Waals surface area contributed by atoms with Crippen LogP contribution in [0.2, 0.25) is 5.02 Å². The van der Waals surface area contributed by atoms with E-state index in [4.69, 9.17) is 16.7 Å². The van der Waals surface area contributed by atoms with Gasteiger partial charge in [0.1, 0.15) is 5.82 Å². The van der Waals surface area contributed by atoms with Gasteiger partial charge in [-0.25, -0.2) is 9.78 Å². The Kier molecular flexibility index (Phi) is 4.44. The molecule has 3 rings (SSSR count). The van der Waals surface area contributed by atoms with Gasteiger partial charge in [-0.1, -0.05) is 41.9 Å². The summed E-state index contributed by atoms with van der Waals surface area (Å²) >= 11 is 6.21. The fourth-order valence-corrected chi connectivity index (χ4v) is 2.62.